The van der Waals surface area contributed by atoms with Crippen LogP contribution in [0.2, 0.25) is 0 Å². The Morgan fingerprint density at radius 3 is 2.74 bits per heavy atom. The molecule has 31 heavy (non-hydrogen) atoms. The number of hydrogen-bond acceptors (Lipinski definition) is 5. The van der Waals surface area contributed by atoms with Gasteiger partial charge in [-0.2, -0.15) is 0 Å². The maximum atomic E-state index is 12.8. The number of amides is 1. The van der Waals surface area contributed by atoms with E-state index < -0.39 is 10.8 Å². The summed E-state index contributed by atoms with van der Waals surface area (Å²) in [5.41, 5.74) is 2.82. The zero-order chi connectivity index (χ0) is 22.1. The second-order valence-electron chi connectivity index (χ2n) is 7.80. The molecule has 1 amide bonds. The second kappa shape index (κ2) is 8.02. The second-order valence-corrected chi connectivity index (χ2v) is 7.80. The maximum absolute atomic E-state index is 12.8. The van der Waals surface area contributed by atoms with Crippen molar-refractivity contribution in [2.24, 2.45) is 5.92 Å². The van der Waals surface area contributed by atoms with Crippen molar-refractivity contribution in [3.63, 3.8) is 0 Å². The largest absolute Gasteiger partial charge is 0.347 e. The smallest absolute Gasteiger partial charge is 0.278 e. The van der Waals surface area contributed by atoms with Crippen LogP contribution in [0, 0.1) is 23.0 Å². The SMILES string of the molecule is Cc1c(C(=O)Nc2ccc3c(ccn3CC(C)C)c2)nnn1-c1cccc([N+](=O)[O-])c1. The van der Waals surface area contributed by atoms with Crippen molar-refractivity contribution in [2.75, 3.05) is 5.32 Å². The van der Waals surface area contributed by atoms with Crippen molar-refractivity contribution in [3.8, 4) is 5.69 Å². The Kier molecular flexibility index (Phi) is 5.24. The Labute approximate surface area is 178 Å². The highest BCUT2D eigenvalue weighted by atomic mass is 16.6. The van der Waals surface area contributed by atoms with Crippen molar-refractivity contribution in [1.29, 1.82) is 0 Å². The third-order valence-electron chi connectivity index (χ3n) is 4.99. The number of anilines is 1. The average Bonchev–Trinajstić information content (AvgIpc) is 3.31. The number of nitro benzene ring substituents is 1. The molecule has 1 N–H and O–H groups in total. The van der Waals surface area contributed by atoms with Crippen LogP contribution in [0.3, 0.4) is 0 Å². The van der Waals surface area contributed by atoms with E-state index in [4.69, 9.17) is 0 Å². The molecule has 9 nitrogen and oxygen atoms in total. The Morgan fingerprint density at radius 1 is 1.19 bits per heavy atom. The van der Waals surface area contributed by atoms with Gasteiger partial charge in [-0.3, -0.25) is 14.9 Å². The molecule has 0 unspecified atom stereocenters. The molecule has 0 saturated heterocycles. The number of non-ortho nitro benzene ring substituents is 1. The molecule has 0 radical (unpaired) electrons. The van der Waals surface area contributed by atoms with Gasteiger partial charge in [0.2, 0.25) is 0 Å². The van der Waals surface area contributed by atoms with Crippen LogP contribution in [0.5, 0.6) is 0 Å². The van der Waals surface area contributed by atoms with E-state index in [1.807, 2.05) is 30.5 Å². The number of carbonyl (C=O) groups excluding carboxylic acids is 1. The number of nitro groups is 1. The van der Waals surface area contributed by atoms with Crippen LogP contribution in [-0.2, 0) is 6.54 Å². The van der Waals surface area contributed by atoms with Gasteiger partial charge < -0.3 is 9.88 Å². The number of rotatable bonds is 6. The molecule has 0 fully saturated rings. The fourth-order valence-electron chi connectivity index (χ4n) is 3.54. The van der Waals surface area contributed by atoms with E-state index in [9.17, 15) is 14.9 Å². The van der Waals surface area contributed by atoms with Crippen LogP contribution in [0.25, 0.3) is 16.6 Å². The first kappa shape index (κ1) is 20.3. The summed E-state index contributed by atoms with van der Waals surface area (Å²) in [6.07, 6.45) is 2.05. The lowest BCUT2D eigenvalue weighted by Gasteiger charge is -2.09. The lowest BCUT2D eigenvalue weighted by atomic mass is 10.2. The van der Waals surface area contributed by atoms with E-state index >= 15 is 0 Å². The summed E-state index contributed by atoms with van der Waals surface area (Å²) in [7, 11) is 0. The molecule has 0 bridgehead atoms. The molecule has 0 spiro atoms. The Balaban J connectivity index is 1.57. The highest BCUT2D eigenvalue weighted by Crippen LogP contribution is 2.23. The van der Waals surface area contributed by atoms with Gasteiger partial charge in [-0.1, -0.05) is 25.1 Å². The summed E-state index contributed by atoms with van der Waals surface area (Å²) in [6.45, 7) is 6.96. The molecular formula is C22H22N6O3. The number of hydrogen-bond donors (Lipinski definition) is 1. The lowest BCUT2D eigenvalue weighted by Crippen LogP contribution is -2.14. The van der Waals surface area contributed by atoms with Gasteiger partial charge in [0.15, 0.2) is 5.69 Å². The molecule has 0 aliphatic rings. The molecule has 9 heteroatoms. The molecular weight excluding hydrogens is 396 g/mol. The molecule has 2 aromatic carbocycles. The molecule has 2 heterocycles. The van der Waals surface area contributed by atoms with Gasteiger partial charge in [-0.25, -0.2) is 4.68 Å². The van der Waals surface area contributed by atoms with Gasteiger partial charge in [0.25, 0.3) is 11.6 Å². The third-order valence-corrected chi connectivity index (χ3v) is 4.99. The predicted octanol–water partition coefficient (Wildman–Crippen LogP) is 4.35. The molecule has 0 saturated carbocycles. The molecule has 0 aliphatic carbocycles. The van der Waals surface area contributed by atoms with Crippen molar-refractivity contribution >= 4 is 28.2 Å². The topological polar surface area (TPSA) is 108 Å². The van der Waals surface area contributed by atoms with E-state index in [1.54, 1.807) is 19.1 Å². The molecule has 0 atom stereocenters. The molecule has 2 aromatic heterocycles. The van der Waals surface area contributed by atoms with Gasteiger partial charge >= 0.3 is 0 Å². The predicted molar refractivity (Wildman–Crippen MR) is 117 cm³/mol. The summed E-state index contributed by atoms with van der Waals surface area (Å²) in [4.78, 5) is 23.4. The Morgan fingerprint density at radius 2 is 2.00 bits per heavy atom. The van der Waals surface area contributed by atoms with Crippen molar-refractivity contribution in [2.45, 2.75) is 27.3 Å². The van der Waals surface area contributed by atoms with Gasteiger partial charge in [0.1, 0.15) is 0 Å². The van der Waals surface area contributed by atoms with Gasteiger partial charge in [-0.05, 0) is 43.2 Å². The summed E-state index contributed by atoms with van der Waals surface area (Å²) in [5, 5.41) is 22.9. The van der Waals surface area contributed by atoms with Gasteiger partial charge in [0.05, 0.1) is 16.3 Å². The van der Waals surface area contributed by atoms with E-state index in [0.29, 0.717) is 23.0 Å². The fraction of sp³-hybridized carbons (Fsp3) is 0.227. The molecule has 4 aromatic rings. The number of aromatic nitrogens is 4. The number of benzene rings is 2. The standard InChI is InChI=1S/C22H22N6O3/c1-14(2)13-26-10-9-16-11-17(7-8-20(16)26)23-22(29)21-15(3)27(25-24-21)18-5-4-6-19(12-18)28(30)31/h4-12,14H,13H2,1-3H3,(H,23,29). The van der Waals surface area contributed by atoms with Crippen molar-refractivity contribution in [3.05, 3.63) is 76.2 Å². The van der Waals surface area contributed by atoms with Crippen LogP contribution in [0.1, 0.15) is 30.0 Å². The van der Waals surface area contributed by atoms with Crippen LogP contribution >= 0.6 is 0 Å². The number of nitrogens with one attached hydrogen (secondary N) is 1. The first-order chi connectivity index (χ1) is 14.8. The summed E-state index contributed by atoms with van der Waals surface area (Å²) < 4.78 is 3.61. The minimum Gasteiger partial charge on any atom is -0.347 e. The highest BCUT2D eigenvalue weighted by molar-refractivity contribution is 6.04. The zero-order valence-corrected chi connectivity index (χ0v) is 17.4. The van der Waals surface area contributed by atoms with Crippen LogP contribution in [0.4, 0.5) is 11.4 Å². The molecule has 4 rings (SSSR count). The van der Waals surface area contributed by atoms with E-state index in [2.05, 4.69) is 34.0 Å². The van der Waals surface area contributed by atoms with E-state index in [-0.39, 0.29) is 11.4 Å². The van der Waals surface area contributed by atoms with Gasteiger partial charge in [0, 0.05) is 41.5 Å². The fourth-order valence-corrected chi connectivity index (χ4v) is 3.54. The minimum atomic E-state index is -0.478. The Bertz CT molecular complexity index is 1290. The quantitative estimate of drug-likeness (QED) is 0.370. The maximum Gasteiger partial charge on any atom is 0.278 e. The van der Waals surface area contributed by atoms with Crippen LogP contribution < -0.4 is 5.32 Å². The third kappa shape index (κ3) is 4.02. The van der Waals surface area contributed by atoms with Gasteiger partial charge in [-0.15, -0.1) is 5.10 Å². The number of fused-ring (bicyclic) bond motifs is 1. The monoisotopic (exact) mass is 418 g/mol. The first-order valence-corrected chi connectivity index (χ1v) is 9.91. The molecule has 158 valence electrons. The zero-order valence-electron chi connectivity index (χ0n) is 17.4. The van der Waals surface area contributed by atoms with E-state index in [0.717, 1.165) is 17.4 Å². The number of carbonyl (C=O) groups is 1. The van der Waals surface area contributed by atoms with Crippen molar-refractivity contribution < 1.29 is 9.72 Å². The summed E-state index contributed by atoms with van der Waals surface area (Å²) >= 11 is 0. The highest BCUT2D eigenvalue weighted by Gasteiger charge is 2.19. The van der Waals surface area contributed by atoms with E-state index in [1.165, 1.54) is 16.8 Å². The summed E-state index contributed by atoms with van der Waals surface area (Å²) in [6, 6.07) is 13.8. The molecule has 0 aliphatic heterocycles. The summed E-state index contributed by atoms with van der Waals surface area (Å²) in [5.74, 6) is 0.141. The normalized spacial score (nSPS) is 11.2. The van der Waals surface area contributed by atoms with Crippen LogP contribution in [0.15, 0.2) is 54.7 Å². The number of nitrogens with zero attached hydrogens (tertiary/aromatic N) is 5. The minimum absolute atomic E-state index is 0.0592. The average molecular weight is 418 g/mol. The van der Waals surface area contributed by atoms with Crippen molar-refractivity contribution in [1.82, 2.24) is 19.6 Å². The lowest BCUT2D eigenvalue weighted by molar-refractivity contribution is -0.384. The Hall–Kier alpha value is -4.01. The first-order valence-electron chi connectivity index (χ1n) is 9.91. The van der Waals surface area contributed by atoms with Crippen LogP contribution in [-0.4, -0.2) is 30.4 Å².